The summed E-state index contributed by atoms with van der Waals surface area (Å²) in [5.74, 6) is 2.77. The topological polar surface area (TPSA) is 72.3 Å². The predicted octanol–water partition coefficient (Wildman–Crippen LogP) is 2.45. The summed E-state index contributed by atoms with van der Waals surface area (Å²) in [6.45, 7) is 7.12. The van der Waals surface area contributed by atoms with Gasteiger partial charge in [0.2, 0.25) is 5.78 Å². The van der Waals surface area contributed by atoms with Crippen molar-refractivity contribution in [2.75, 3.05) is 27.3 Å². The number of hydrogen-bond acceptors (Lipinski definition) is 5. The number of quaternary nitrogens is 1. The Bertz CT molecular complexity index is 1020. The molecular formula is C25H29NO5. The van der Waals surface area contributed by atoms with E-state index in [0.29, 0.717) is 52.3 Å². The number of ether oxygens (including phenoxy) is 3. The second-order valence-electron chi connectivity index (χ2n) is 8.75. The number of piperidine rings is 1. The second kappa shape index (κ2) is 8.63. The van der Waals surface area contributed by atoms with Gasteiger partial charge in [0.1, 0.15) is 23.8 Å². The molecule has 2 unspecified atom stereocenters. The third kappa shape index (κ3) is 4.26. The van der Waals surface area contributed by atoms with Crippen molar-refractivity contribution in [2.45, 2.75) is 26.8 Å². The van der Waals surface area contributed by atoms with Crippen molar-refractivity contribution in [3.8, 4) is 23.0 Å². The normalized spacial score (nSPS) is 24.1. The molecule has 0 saturated carbocycles. The first kappa shape index (κ1) is 21.2. The van der Waals surface area contributed by atoms with Gasteiger partial charge in [-0.25, -0.2) is 0 Å². The van der Waals surface area contributed by atoms with Gasteiger partial charge in [0.25, 0.3) is 0 Å². The Labute approximate surface area is 183 Å². The number of fused-ring (bicyclic) bond motifs is 1. The molecule has 2 atom stereocenters. The van der Waals surface area contributed by atoms with Crippen LogP contribution in [-0.4, -0.2) is 33.1 Å². The zero-order valence-electron chi connectivity index (χ0n) is 18.5. The minimum Gasteiger partial charge on any atom is -0.872 e. The molecule has 1 saturated heterocycles. The number of rotatable bonds is 5. The summed E-state index contributed by atoms with van der Waals surface area (Å²) >= 11 is 0. The first-order valence-electron chi connectivity index (χ1n) is 10.7. The monoisotopic (exact) mass is 423 g/mol. The van der Waals surface area contributed by atoms with Crippen molar-refractivity contribution >= 4 is 11.9 Å². The Hall–Kier alpha value is -2.99. The maximum absolute atomic E-state index is 13.0. The third-order valence-electron chi connectivity index (χ3n) is 6.13. The van der Waals surface area contributed by atoms with E-state index in [9.17, 15) is 9.90 Å². The number of likely N-dealkylation sites (tertiary alicyclic amines) is 1. The quantitative estimate of drug-likeness (QED) is 0.748. The first-order valence-corrected chi connectivity index (χ1v) is 10.7. The van der Waals surface area contributed by atoms with E-state index in [-0.39, 0.29) is 17.3 Å². The number of methoxy groups -OCH3 is 2. The van der Waals surface area contributed by atoms with Crippen molar-refractivity contribution in [1.29, 1.82) is 0 Å². The number of benzene rings is 2. The van der Waals surface area contributed by atoms with E-state index in [1.165, 1.54) is 17.4 Å². The van der Waals surface area contributed by atoms with Crippen LogP contribution in [0.5, 0.6) is 23.0 Å². The minimum absolute atomic E-state index is 0.0786. The van der Waals surface area contributed by atoms with Crippen LogP contribution < -0.4 is 24.2 Å². The van der Waals surface area contributed by atoms with Crippen LogP contribution >= 0.6 is 0 Å². The Morgan fingerprint density at radius 3 is 2.55 bits per heavy atom. The summed E-state index contributed by atoms with van der Waals surface area (Å²) < 4.78 is 16.7. The van der Waals surface area contributed by atoms with Crippen LogP contribution in [0.15, 0.2) is 36.1 Å². The second-order valence-corrected chi connectivity index (χ2v) is 8.75. The highest BCUT2D eigenvalue weighted by Crippen LogP contribution is 2.39. The van der Waals surface area contributed by atoms with Crippen LogP contribution in [0.1, 0.15) is 41.8 Å². The molecule has 164 valence electrons. The van der Waals surface area contributed by atoms with E-state index in [2.05, 4.69) is 13.8 Å². The largest absolute Gasteiger partial charge is 0.872 e. The Kier molecular flexibility index (Phi) is 5.92. The van der Waals surface area contributed by atoms with Crippen LogP contribution in [0, 0.1) is 11.8 Å². The van der Waals surface area contributed by atoms with Crippen molar-refractivity contribution in [2.24, 2.45) is 11.8 Å². The highest BCUT2D eigenvalue weighted by atomic mass is 16.5. The molecule has 0 amide bonds. The van der Waals surface area contributed by atoms with Gasteiger partial charge in [0, 0.05) is 23.0 Å². The van der Waals surface area contributed by atoms with Gasteiger partial charge in [0.05, 0.1) is 32.9 Å². The summed E-state index contributed by atoms with van der Waals surface area (Å²) in [4.78, 5) is 14.4. The molecule has 2 aliphatic heterocycles. The lowest BCUT2D eigenvalue weighted by Crippen LogP contribution is -3.13. The van der Waals surface area contributed by atoms with Gasteiger partial charge < -0.3 is 24.2 Å². The minimum atomic E-state index is -0.225. The van der Waals surface area contributed by atoms with Crippen LogP contribution in [0.25, 0.3) is 6.08 Å². The standard InChI is InChI=1S/C25H29NO5/c1-15-9-16(2)13-26(12-15)14-20-21(27)7-6-19-24(28)23(31-25(19)20)11-17-10-18(29-3)5-8-22(17)30-4/h5-8,10-11,15-16,27H,9,12-14H2,1-4H3. The molecule has 0 aliphatic carbocycles. The van der Waals surface area contributed by atoms with Gasteiger partial charge in [-0.2, -0.15) is 0 Å². The maximum Gasteiger partial charge on any atom is 0.231 e. The van der Waals surface area contributed by atoms with Gasteiger partial charge in [0.15, 0.2) is 5.76 Å². The van der Waals surface area contributed by atoms with Crippen LogP contribution in [0.2, 0.25) is 0 Å². The number of carbonyl (C=O) groups is 1. The summed E-state index contributed by atoms with van der Waals surface area (Å²) in [5.41, 5.74) is 1.70. The molecule has 0 spiro atoms. The zero-order chi connectivity index (χ0) is 22.1. The molecule has 2 heterocycles. The van der Waals surface area contributed by atoms with Crippen molar-refractivity contribution in [3.63, 3.8) is 0 Å². The van der Waals surface area contributed by atoms with E-state index in [4.69, 9.17) is 14.2 Å². The summed E-state index contributed by atoms with van der Waals surface area (Å²) in [6.07, 6.45) is 2.86. The molecule has 0 aromatic heterocycles. The van der Waals surface area contributed by atoms with Gasteiger partial charge in [-0.05, 0) is 36.8 Å². The average Bonchev–Trinajstić information content (AvgIpc) is 3.05. The zero-order valence-corrected chi connectivity index (χ0v) is 18.5. The number of Topliss-reactive ketones (excluding diaryl/α,β-unsaturated/α-hetero) is 1. The van der Waals surface area contributed by atoms with Crippen LogP contribution in [0.3, 0.4) is 0 Å². The molecular weight excluding hydrogens is 394 g/mol. The summed E-state index contributed by atoms with van der Waals surface area (Å²) in [6, 6.07) is 8.41. The molecule has 0 bridgehead atoms. The van der Waals surface area contributed by atoms with E-state index < -0.39 is 0 Å². The first-order chi connectivity index (χ1) is 14.9. The molecule has 2 aliphatic rings. The maximum atomic E-state index is 13.0. The molecule has 2 aromatic rings. The lowest BCUT2D eigenvalue weighted by molar-refractivity contribution is -0.925. The Morgan fingerprint density at radius 2 is 1.87 bits per heavy atom. The fourth-order valence-corrected chi connectivity index (χ4v) is 4.87. The fraction of sp³-hybridized carbons (Fsp3) is 0.400. The molecule has 1 N–H and O–H groups in total. The highest BCUT2D eigenvalue weighted by Gasteiger charge is 2.33. The number of carbonyl (C=O) groups excluding carboxylic acids is 1. The van der Waals surface area contributed by atoms with Gasteiger partial charge in [-0.15, -0.1) is 0 Å². The number of ketones is 1. The van der Waals surface area contributed by atoms with E-state index >= 15 is 0 Å². The van der Waals surface area contributed by atoms with Crippen molar-refractivity contribution in [1.82, 2.24) is 0 Å². The van der Waals surface area contributed by atoms with Crippen molar-refractivity contribution in [3.05, 3.63) is 52.8 Å². The average molecular weight is 424 g/mol. The molecule has 0 radical (unpaired) electrons. The SMILES string of the molecule is COc1ccc(OC)c(C=C2Oc3c(ccc([O-])c3C[NH+]3CC(C)CC(C)C3)C2=O)c1. The van der Waals surface area contributed by atoms with Crippen LogP contribution in [-0.2, 0) is 6.54 Å². The molecule has 6 nitrogen and oxygen atoms in total. The Balaban J connectivity index is 1.67. The Morgan fingerprint density at radius 1 is 1.13 bits per heavy atom. The molecule has 4 rings (SSSR count). The van der Waals surface area contributed by atoms with Crippen LogP contribution in [0.4, 0.5) is 0 Å². The van der Waals surface area contributed by atoms with Gasteiger partial charge in [-0.1, -0.05) is 25.7 Å². The van der Waals surface area contributed by atoms with Crippen molar-refractivity contribution < 1.29 is 29.0 Å². The number of nitrogens with one attached hydrogen (secondary N) is 1. The predicted molar refractivity (Wildman–Crippen MR) is 116 cm³/mol. The molecule has 31 heavy (non-hydrogen) atoms. The highest BCUT2D eigenvalue weighted by molar-refractivity contribution is 6.15. The third-order valence-corrected chi connectivity index (χ3v) is 6.13. The molecule has 6 heteroatoms. The van der Waals surface area contributed by atoms with E-state index in [0.717, 1.165) is 13.1 Å². The smallest absolute Gasteiger partial charge is 0.231 e. The van der Waals surface area contributed by atoms with Gasteiger partial charge >= 0.3 is 0 Å². The lowest BCUT2D eigenvalue weighted by atomic mass is 9.91. The van der Waals surface area contributed by atoms with E-state index in [1.54, 1.807) is 44.6 Å². The summed E-state index contributed by atoms with van der Waals surface area (Å²) in [7, 11) is 3.15. The van der Waals surface area contributed by atoms with Gasteiger partial charge in [-0.3, -0.25) is 4.79 Å². The summed E-state index contributed by atoms with van der Waals surface area (Å²) in [5, 5.41) is 12.7. The number of hydrogen-bond donors (Lipinski definition) is 1. The number of allylic oxidation sites excluding steroid dienone is 1. The van der Waals surface area contributed by atoms with E-state index in [1.807, 2.05) is 0 Å². The lowest BCUT2D eigenvalue weighted by Gasteiger charge is -2.33. The molecule has 1 fully saturated rings. The fourth-order valence-electron chi connectivity index (χ4n) is 4.87. The molecule has 2 aromatic carbocycles.